The summed E-state index contributed by atoms with van der Waals surface area (Å²) in [6, 6.07) is 10.1. The maximum Gasteiger partial charge on any atom is 0.0491 e. The van der Waals surface area contributed by atoms with E-state index >= 15 is 0 Å². The first kappa shape index (κ1) is 8.35. The maximum atomic E-state index is 5.74. The monoisotopic (exact) mass is 166 g/mol. The van der Waals surface area contributed by atoms with Gasteiger partial charge >= 0.3 is 0 Å². The summed E-state index contributed by atoms with van der Waals surface area (Å²) in [4.78, 5) is 0. The van der Waals surface area contributed by atoms with Crippen molar-refractivity contribution in [3.8, 4) is 0 Å². The maximum absolute atomic E-state index is 5.74. The summed E-state index contributed by atoms with van der Waals surface area (Å²) in [5.41, 5.74) is 1.19. The summed E-state index contributed by atoms with van der Waals surface area (Å²) in [6.45, 7) is 1.95. The highest BCUT2D eigenvalue weighted by Crippen LogP contribution is 2.04. The highest BCUT2D eigenvalue weighted by molar-refractivity contribution is 6.21. The number of alkyl halides is 1. The molecule has 0 aliphatic carbocycles. The standard InChI is InChI=1S/C10H11Cl/c1-9(11)7-8-10-5-3-2-4-6-10/h2-9H,1H3/b8-7+. The topological polar surface area (TPSA) is 0 Å². The van der Waals surface area contributed by atoms with E-state index in [1.807, 2.05) is 37.3 Å². The molecule has 0 aliphatic heterocycles. The summed E-state index contributed by atoms with van der Waals surface area (Å²) >= 11 is 5.74. The first-order valence-corrected chi connectivity index (χ1v) is 4.10. The van der Waals surface area contributed by atoms with Crippen LogP contribution in [0.4, 0.5) is 0 Å². The third kappa shape index (κ3) is 3.24. The molecular weight excluding hydrogens is 156 g/mol. The van der Waals surface area contributed by atoms with Crippen molar-refractivity contribution in [3.63, 3.8) is 0 Å². The molecule has 58 valence electrons. The van der Waals surface area contributed by atoms with Gasteiger partial charge in [-0.05, 0) is 12.5 Å². The van der Waals surface area contributed by atoms with Crippen LogP contribution in [0.2, 0.25) is 0 Å². The Labute approximate surface area is 72.5 Å². The molecule has 1 aromatic rings. The lowest BCUT2D eigenvalue weighted by atomic mass is 10.2. The molecule has 0 aliphatic rings. The molecule has 1 aromatic carbocycles. The molecule has 1 heteroatoms. The molecule has 0 spiro atoms. The lowest BCUT2D eigenvalue weighted by Crippen LogP contribution is -1.80. The molecule has 0 radical (unpaired) electrons. The molecule has 0 heterocycles. The third-order valence-electron chi connectivity index (χ3n) is 1.35. The summed E-state index contributed by atoms with van der Waals surface area (Å²) in [6.07, 6.45) is 3.99. The zero-order chi connectivity index (χ0) is 8.10. The molecule has 0 aromatic heterocycles. The predicted molar refractivity (Wildman–Crippen MR) is 50.8 cm³/mol. The van der Waals surface area contributed by atoms with Crippen LogP contribution in [-0.2, 0) is 0 Å². The molecule has 1 unspecified atom stereocenters. The highest BCUT2D eigenvalue weighted by atomic mass is 35.5. The normalized spacial score (nSPS) is 13.6. The van der Waals surface area contributed by atoms with E-state index in [4.69, 9.17) is 11.6 Å². The van der Waals surface area contributed by atoms with Crippen LogP contribution in [0.1, 0.15) is 12.5 Å². The second-order valence-electron chi connectivity index (χ2n) is 2.45. The minimum atomic E-state index is 0.107. The van der Waals surface area contributed by atoms with Crippen molar-refractivity contribution in [3.05, 3.63) is 42.0 Å². The minimum absolute atomic E-state index is 0.107. The number of allylic oxidation sites excluding steroid dienone is 1. The fraction of sp³-hybridized carbons (Fsp3) is 0.200. The van der Waals surface area contributed by atoms with E-state index in [-0.39, 0.29) is 5.38 Å². The Morgan fingerprint density at radius 3 is 2.45 bits per heavy atom. The molecule has 0 nitrogen and oxygen atoms in total. The number of benzene rings is 1. The van der Waals surface area contributed by atoms with Crippen LogP contribution in [0.3, 0.4) is 0 Å². The van der Waals surface area contributed by atoms with Crippen molar-refractivity contribution in [2.75, 3.05) is 0 Å². The molecule has 0 N–H and O–H groups in total. The largest absolute Gasteiger partial charge is 0.119 e. The predicted octanol–water partition coefficient (Wildman–Crippen LogP) is 3.33. The fourth-order valence-corrected chi connectivity index (χ4v) is 0.881. The SMILES string of the molecule is CC(Cl)/C=C/c1ccccc1. The molecule has 0 bridgehead atoms. The van der Waals surface area contributed by atoms with Gasteiger partial charge in [0.2, 0.25) is 0 Å². The van der Waals surface area contributed by atoms with Crippen LogP contribution in [0.25, 0.3) is 6.08 Å². The van der Waals surface area contributed by atoms with E-state index in [9.17, 15) is 0 Å². The number of hydrogen-bond acceptors (Lipinski definition) is 0. The van der Waals surface area contributed by atoms with E-state index in [2.05, 4.69) is 12.1 Å². The van der Waals surface area contributed by atoms with E-state index in [1.54, 1.807) is 0 Å². The fourth-order valence-electron chi connectivity index (χ4n) is 0.808. The van der Waals surface area contributed by atoms with Gasteiger partial charge < -0.3 is 0 Å². The number of hydrogen-bond donors (Lipinski definition) is 0. The van der Waals surface area contributed by atoms with Crippen molar-refractivity contribution in [2.24, 2.45) is 0 Å². The Hall–Kier alpha value is -0.750. The zero-order valence-corrected chi connectivity index (χ0v) is 7.25. The quantitative estimate of drug-likeness (QED) is 0.592. The molecule has 0 fully saturated rings. The molecule has 0 amide bonds. The molecule has 1 atom stereocenters. The summed E-state index contributed by atoms with van der Waals surface area (Å²) in [7, 11) is 0. The first-order chi connectivity index (χ1) is 5.29. The van der Waals surface area contributed by atoms with E-state index in [0.717, 1.165) is 0 Å². The van der Waals surface area contributed by atoms with Crippen molar-refractivity contribution in [1.82, 2.24) is 0 Å². The first-order valence-electron chi connectivity index (χ1n) is 3.66. The molecule has 0 saturated heterocycles. The van der Waals surface area contributed by atoms with Crippen LogP contribution in [-0.4, -0.2) is 5.38 Å². The molecule has 11 heavy (non-hydrogen) atoms. The van der Waals surface area contributed by atoms with Gasteiger partial charge in [0.05, 0.1) is 0 Å². The molecular formula is C10H11Cl. The van der Waals surface area contributed by atoms with Crippen LogP contribution in [0.5, 0.6) is 0 Å². The van der Waals surface area contributed by atoms with Crippen LogP contribution in [0.15, 0.2) is 36.4 Å². The van der Waals surface area contributed by atoms with Gasteiger partial charge in [0.25, 0.3) is 0 Å². The Bertz CT molecular complexity index is 224. The van der Waals surface area contributed by atoms with Gasteiger partial charge in [-0.2, -0.15) is 0 Å². The van der Waals surface area contributed by atoms with Crippen LogP contribution in [0, 0.1) is 0 Å². The summed E-state index contributed by atoms with van der Waals surface area (Å²) in [5.74, 6) is 0. The number of rotatable bonds is 2. The van der Waals surface area contributed by atoms with Gasteiger partial charge in [0.1, 0.15) is 0 Å². The Kier molecular flexibility index (Phi) is 3.18. The Morgan fingerprint density at radius 1 is 1.27 bits per heavy atom. The van der Waals surface area contributed by atoms with Gasteiger partial charge in [-0.15, -0.1) is 11.6 Å². The van der Waals surface area contributed by atoms with Gasteiger partial charge in [0, 0.05) is 5.38 Å². The van der Waals surface area contributed by atoms with E-state index < -0.39 is 0 Å². The Morgan fingerprint density at radius 2 is 1.91 bits per heavy atom. The average Bonchev–Trinajstić information content (AvgIpc) is 2.03. The third-order valence-corrected chi connectivity index (χ3v) is 1.50. The van der Waals surface area contributed by atoms with Crippen LogP contribution < -0.4 is 0 Å². The van der Waals surface area contributed by atoms with Crippen LogP contribution >= 0.6 is 11.6 Å². The van der Waals surface area contributed by atoms with Crippen molar-refractivity contribution in [1.29, 1.82) is 0 Å². The lowest BCUT2D eigenvalue weighted by molar-refractivity contribution is 1.24. The van der Waals surface area contributed by atoms with Crippen molar-refractivity contribution < 1.29 is 0 Å². The summed E-state index contributed by atoms with van der Waals surface area (Å²) < 4.78 is 0. The smallest absolute Gasteiger partial charge is 0.0491 e. The van der Waals surface area contributed by atoms with Gasteiger partial charge in [-0.25, -0.2) is 0 Å². The number of halogens is 1. The molecule has 1 rings (SSSR count). The van der Waals surface area contributed by atoms with Gasteiger partial charge in [0.15, 0.2) is 0 Å². The Balaban J connectivity index is 2.65. The van der Waals surface area contributed by atoms with Crippen molar-refractivity contribution in [2.45, 2.75) is 12.3 Å². The van der Waals surface area contributed by atoms with E-state index in [0.29, 0.717) is 0 Å². The lowest BCUT2D eigenvalue weighted by Gasteiger charge is -1.92. The van der Waals surface area contributed by atoms with Gasteiger partial charge in [-0.3, -0.25) is 0 Å². The summed E-state index contributed by atoms with van der Waals surface area (Å²) in [5, 5.41) is 0.107. The molecule has 0 saturated carbocycles. The minimum Gasteiger partial charge on any atom is -0.119 e. The second-order valence-corrected chi connectivity index (χ2v) is 3.14. The van der Waals surface area contributed by atoms with Gasteiger partial charge in [-0.1, -0.05) is 42.5 Å². The van der Waals surface area contributed by atoms with E-state index in [1.165, 1.54) is 5.56 Å². The second kappa shape index (κ2) is 4.20. The zero-order valence-electron chi connectivity index (χ0n) is 6.50. The average molecular weight is 167 g/mol. The highest BCUT2D eigenvalue weighted by Gasteiger charge is 1.86. The van der Waals surface area contributed by atoms with Crippen molar-refractivity contribution >= 4 is 17.7 Å².